The third-order valence-corrected chi connectivity index (χ3v) is 0.531. The van der Waals surface area contributed by atoms with Crippen LogP contribution in [0.4, 0.5) is 0 Å². The van der Waals surface area contributed by atoms with Crippen LogP contribution in [0.3, 0.4) is 0 Å². The van der Waals surface area contributed by atoms with Crippen molar-refractivity contribution >= 4 is 0 Å². The minimum absolute atomic E-state index is 0.215. The van der Waals surface area contributed by atoms with E-state index in [1.165, 1.54) is 13.0 Å². The first-order valence-electron chi connectivity index (χ1n) is 2.12. The Hall–Kier alpha value is -0.340. The van der Waals surface area contributed by atoms with Gasteiger partial charge < -0.3 is 10.2 Å². The number of hydrogen-bond donors (Lipinski definition) is 2. The topological polar surface area (TPSA) is 40.5 Å². The normalized spacial score (nSPS) is 11.3. The van der Waals surface area contributed by atoms with E-state index in [1.807, 2.05) is 0 Å². The molecule has 0 unspecified atom stereocenters. The number of aliphatic hydroxyl groups is 2. The van der Waals surface area contributed by atoms with Gasteiger partial charge in [0.1, 0.15) is 0 Å². The van der Waals surface area contributed by atoms with Crippen LogP contribution in [0, 0.1) is 0 Å². The summed E-state index contributed by atoms with van der Waals surface area (Å²) in [4.78, 5) is 0. The fraction of sp³-hybridized carbons (Fsp3) is 0.600. The molecule has 0 radical (unpaired) electrons. The fourth-order valence-electron chi connectivity index (χ4n) is 0.273. The van der Waals surface area contributed by atoms with Crippen molar-refractivity contribution in [3.8, 4) is 0 Å². The minimum Gasteiger partial charge on any atom is -0.366 e. The van der Waals surface area contributed by atoms with Crippen molar-refractivity contribution in [2.75, 3.05) is 0 Å². The maximum Gasteiger partial charge on any atom is 0.163 e. The maximum absolute atomic E-state index is 8.50. The van der Waals surface area contributed by atoms with Crippen LogP contribution in [0.2, 0.25) is 0 Å². The molecule has 0 rings (SSSR count). The van der Waals surface area contributed by atoms with Gasteiger partial charge in [0.2, 0.25) is 0 Å². The Morgan fingerprint density at radius 3 is 2.14 bits per heavy atom. The van der Waals surface area contributed by atoms with Gasteiger partial charge in [-0.1, -0.05) is 6.08 Å². The van der Waals surface area contributed by atoms with Crippen molar-refractivity contribution in [1.29, 1.82) is 0 Å². The minimum atomic E-state index is -1.57. The maximum atomic E-state index is 8.50. The zero-order valence-corrected chi connectivity index (χ0v) is 4.39. The van der Waals surface area contributed by atoms with E-state index in [0.29, 0.717) is 0 Å². The van der Waals surface area contributed by atoms with E-state index in [9.17, 15) is 0 Å². The first kappa shape index (κ1) is 6.66. The van der Waals surface area contributed by atoms with Crippen LogP contribution in [0.5, 0.6) is 0 Å². The van der Waals surface area contributed by atoms with Gasteiger partial charge in [0.05, 0.1) is 0 Å². The SMILES string of the molecule is C=CCC(C)(O)O. The van der Waals surface area contributed by atoms with Gasteiger partial charge in [0, 0.05) is 6.42 Å². The quantitative estimate of drug-likeness (QED) is 0.388. The van der Waals surface area contributed by atoms with Gasteiger partial charge in [0.25, 0.3) is 0 Å². The average molecular weight is 102 g/mol. The van der Waals surface area contributed by atoms with Gasteiger partial charge in [-0.2, -0.15) is 0 Å². The molecule has 0 spiro atoms. The van der Waals surface area contributed by atoms with Crippen LogP contribution in [-0.4, -0.2) is 16.0 Å². The largest absolute Gasteiger partial charge is 0.366 e. The predicted octanol–water partition coefficient (Wildman–Crippen LogP) is 0.263. The van der Waals surface area contributed by atoms with E-state index in [0.717, 1.165) is 0 Å². The zero-order valence-electron chi connectivity index (χ0n) is 4.39. The van der Waals surface area contributed by atoms with Gasteiger partial charge in [-0.05, 0) is 6.92 Å². The lowest BCUT2D eigenvalue weighted by molar-refractivity contribution is -0.140. The second kappa shape index (κ2) is 2.09. The third kappa shape index (κ3) is 5.66. The molecule has 0 aromatic rings. The molecule has 0 aliphatic rings. The highest BCUT2D eigenvalue weighted by atomic mass is 16.5. The molecule has 2 nitrogen and oxygen atoms in total. The highest BCUT2D eigenvalue weighted by molar-refractivity contribution is 4.73. The molecular formula is C5H10O2. The molecule has 0 fully saturated rings. The lowest BCUT2D eigenvalue weighted by atomic mass is 10.2. The van der Waals surface area contributed by atoms with Crippen LogP contribution in [0.1, 0.15) is 13.3 Å². The molecule has 0 aliphatic heterocycles. The fourth-order valence-corrected chi connectivity index (χ4v) is 0.273. The molecule has 7 heavy (non-hydrogen) atoms. The van der Waals surface area contributed by atoms with E-state index in [-0.39, 0.29) is 6.42 Å². The van der Waals surface area contributed by atoms with E-state index < -0.39 is 5.79 Å². The van der Waals surface area contributed by atoms with Gasteiger partial charge in [-0.15, -0.1) is 6.58 Å². The Balaban J connectivity index is 3.34. The van der Waals surface area contributed by atoms with Gasteiger partial charge in [-0.3, -0.25) is 0 Å². The number of hydrogen-bond acceptors (Lipinski definition) is 2. The summed E-state index contributed by atoms with van der Waals surface area (Å²) >= 11 is 0. The molecule has 0 atom stereocenters. The molecule has 0 saturated heterocycles. The van der Waals surface area contributed by atoms with Crippen molar-refractivity contribution in [3.63, 3.8) is 0 Å². The van der Waals surface area contributed by atoms with Crippen molar-refractivity contribution < 1.29 is 10.2 Å². The molecule has 0 bridgehead atoms. The molecule has 0 saturated carbocycles. The highest BCUT2D eigenvalue weighted by Gasteiger charge is 2.09. The third-order valence-electron chi connectivity index (χ3n) is 0.531. The summed E-state index contributed by atoms with van der Waals surface area (Å²) in [6, 6.07) is 0. The van der Waals surface area contributed by atoms with E-state index >= 15 is 0 Å². The van der Waals surface area contributed by atoms with Crippen LogP contribution >= 0.6 is 0 Å². The lowest BCUT2D eigenvalue weighted by Gasteiger charge is -2.10. The van der Waals surface area contributed by atoms with Gasteiger partial charge >= 0.3 is 0 Å². The first-order chi connectivity index (χ1) is 3.06. The number of rotatable bonds is 2. The van der Waals surface area contributed by atoms with Crippen molar-refractivity contribution in [2.24, 2.45) is 0 Å². The summed E-state index contributed by atoms with van der Waals surface area (Å²) in [7, 11) is 0. The molecular weight excluding hydrogens is 92.1 g/mol. The van der Waals surface area contributed by atoms with E-state index in [1.54, 1.807) is 0 Å². The Morgan fingerprint density at radius 2 is 2.14 bits per heavy atom. The Labute approximate surface area is 43.1 Å². The van der Waals surface area contributed by atoms with Crippen LogP contribution < -0.4 is 0 Å². The molecule has 2 N–H and O–H groups in total. The van der Waals surface area contributed by atoms with Gasteiger partial charge in [-0.25, -0.2) is 0 Å². The second-order valence-electron chi connectivity index (χ2n) is 1.71. The summed E-state index contributed by atoms with van der Waals surface area (Å²) in [5.41, 5.74) is 0. The molecule has 0 aromatic heterocycles. The standard InChI is InChI=1S/C5H10O2/c1-3-4-5(2,6)7/h3,6-7H,1,4H2,2H3. The molecule has 0 heterocycles. The average Bonchev–Trinajstić information content (AvgIpc) is 1.30. The first-order valence-corrected chi connectivity index (χ1v) is 2.12. The monoisotopic (exact) mass is 102 g/mol. The molecule has 0 aromatic carbocycles. The zero-order chi connectivity index (χ0) is 5.91. The van der Waals surface area contributed by atoms with Crippen molar-refractivity contribution in [2.45, 2.75) is 19.1 Å². The van der Waals surface area contributed by atoms with E-state index in [2.05, 4.69) is 6.58 Å². The summed E-state index contributed by atoms with van der Waals surface area (Å²) < 4.78 is 0. The molecule has 2 heteroatoms. The summed E-state index contributed by atoms with van der Waals surface area (Å²) in [5, 5.41) is 17.0. The Bertz CT molecular complexity index is 61.0. The van der Waals surface area contributed by atoms with E-state index in [4.69, 9.17) is 10.2 Å². The van der Waals surface area contributed by atoms with Crippen LogP contribution in [0.25, 0.3) is 0 Å². The Morgan fingerprint density at radius 1 is 1.71 bits per heavy atom. The summed E-state index contributed by atoms with van der Waals surface area (Å²) in [6.45, 7) is 4.64. The van der Waals surface area contributed by atoms with Crippen LogP contribution in [-0.2, 0) is 0 Å². The predicted molar refractivity (Wildman–Crippen MR) is 27.7 cm³/mol. The van der Waals surface area contributed by atoms with Crippen LogP contribution in [0.15, 0.2) is 12.7 Å². The Kier molecular flexibility index (Phi) is 1.99. The molecule has 0 amide bonds. The smallest absolute Gasteiger partial charge is 0.163 e. The van der Waals surface area contributed by atoms with Gasteiger partial charge in [0.15, 0.2) is 5.79 Å². The molecule has 0 aliphatic carbocycles. The summed E-state index contributed by atoms with van der Waals surface area (Å²) in [6.07, 6.45) is 1.67. The summed E-state index contributed by atoms with van der Waals surface area (Å²) in [5.74, 6) is -1.57. The lowest BCUT2D eigenvalue weighted by Crippen LogP contribution is -2.20. The van der Waals surface area contributed by atoms with Crippen molar-refractivity contribution in [1.82, 2.24) is 0 Å². The molecule has 42 valence electrons. The van der Waals surface area contributed by atoms with Crippen molar-refractivity contribution in [3.05, 3.63) is 12.7 Å². The second-order valence-corrected chi connectivity index (χ2v) is 1.71. The highest BCUT2D eigenvalue weighted by Crippen LogP contribution is 2.01.